The molecule has 156 valence electrons. The van der Waals surface area contributed by atoms with Crippen molar-refractivity contribution in [2.75, 3.05) is 36.2 Å². The third-order valence-corrected chi connectivity index (χ3v) is 6.76. The van der Waals surface area contributed by atoms with Gasteiger partial charge in [-0.2, -0.15) is 11.8 Å². The minimum absolute atomic E-state index is 0.328. The summed E-state index contributed by atoms with van der Waals surface area (Å²) in [6, 6.07) is 3.50. The van der Waals surface area contributed by atoms with E-state index in [4.69, 9.17) is 4.74 Å². The number of fused-ring (bicyclic) bond motifs is 1. The number of benzene rings is 1. The zero-order valence-corrected chi connectivity index (χ0v) is 18.9. The fraction of sp³-hybridized carbons (Fsp3) is 0.526. The van der Waals surface area contributed by atoms with Gasteiger partial charge in [-0.25, -0.2) is 9.37 Å². The number of aromatic amines is 1. The maximum atomic E-state index is 13.9. The Hall–Kier alpha value is -1.65. The normalized spacial score (nSPS) is 17.4. The van der Waals surface area contributed by atoms with Crippen LogP contribution in [0, 0.1) is 5.82 Å². The van der Waals surface area contributed by atoms with Gasteiger partial charge >= 0.3 is 0 Å². The molecular weight excluding hydrogens is 459 g/mol. The summed E-state index contributed by atoms with van der Waals surface area (Å²) in [6.07, 6.45) is 0.850. The van der Waals surface area contributed by atoms with Crippen molar-refractivity contribution in [3.8, 4) is 11.6 Å². The number of halogens is 2. The van der Waals surface area contributed by atoms with Crippen molar-refractivity contribution in [1.82, 2.24) is 24.7 Å². The fourth-order valence-electron chi connectivity index (χ4n) is 3.49. The summed E-state index contributed by atoms with van der Waals surface area (Å²) < 4.78 is 21.9. The van der Waals surface area contributed by atoms with Crippen LogP contribution >= 0.6 is 27.7 Å². The molecule has 7 nitrogen and oxygen atoms in total. The molecule has 0 radical (unpaired) electrons. The van der Waals surface area contributed by atoms with Gasteiger partial charge in [0.1, 0.15) is 5.82 Å². The van der Waals surface area contributed by atoms with Crippen LogP contribution in [0.5, 0.6) is 0 Å². The summed E-state index contributed by atoms with van der Waals surface area (Å²) in [7, 11) is 0. The molecule has 0 unspecified atom stereocenters. The van der Waals surface area contributed by atoms with Gasteiger partial charge in [-0.05, 0) is 42.3 Å². The Morgan fingerprint density at radius 2 is 2.24 bits per heavy atom. The lowest BCUT2D eigenvalue weighted by atomic mass is 10.3. The van der Waals surface area contributed by atoms with Crippen LogP contribution in [-0.4, -0.2) is 62.0 Å². The van der Waals surface area contributed by atoms with Crippen molar-refractivity contribution in [3.63, 3.8) is 0 Å². The van der Waals surface area contributed by atoms with Crippen molar-refractivity contribution in [2.24, 2.45) is 0 Å². The van der Waals surface area contributed by atoms with E-state index < -0.39 is 0 Å². The minimum atomic E-state index is -0.328. The van der Waals surface area contributed by atoms with Crippen LogP contribution in [0.2, 0.25) is 0 Å². The number of imidazole rings is 1. The molecular formula is C19H24BrFN6OS. The average Bonchev–Trinajstić information content (AvgIpc) is 3.30. The van der Waals surface area contributed by atoms with Gasteiger partial charge in [0, 0.05) is 49.9 Å². The van der Waals surface area contributed by atoms with Crippen LogP contribution in [0.4, 0.5) is 10.3 Å². The molecule has 3 aromatic rings. The quantitative estimate of drug-likeness (QED) is 0.511. The number of anilines is 1. The van der Waals surface area contributed by atoms with Gasteiger partial charge in [0.05, 0.1) is 15.5 Å². The summed E-state index contributed by atoms with van der Waals surface area (Å²) >= 11 is 5.19. The molecule has 0 bridgehead atoms. The predicted octanol–water partition coefficient (Wildman–Crippen LogP) is 4.09. The van der Waals surface area contributed by atoms with Crippen molar-refractivity contribution < 1.29 is 9.13 Å². The minimum Gasteiger partial charge on any atom is -0.382 e. The van der Waals surface area contributed by atoms with Crippen LogP contribution in [0.3, 0.4) is 0 Å². The topological polar surface area (TPSA) is 71.9 Å². The van der Waals surface area contributed by atoms with Gasteiger partial charge in [-0.1, -0.05) is 0 Å². The molecule has 0 amide bonds. The number of rotatable bonds is 7. The molecule has 3 heterocycles. The number of ether oxygens (including phenoxy) is 1. The fourth-order valence-corrected chi connectivity index (χ4v) is 4.84. The lowest BCUT2D eigenvalue weighted by Crippen LogP contribution is -2.42. The summed E-state index contributed by atoms with van der Waals surface area (Å²) in [5.74, 6) is 3.92. The van der Waals surface area contributed by atoms with E-state index in [1.54, 1.807) is 6.07 Å². The highest BCUT2D eigenvalue weighted by atomic mass is 79.9. The largest absolute Gasteiger partial charge is 0.382 e. The summed E-state index contributed by atoms with van der Waals surface area (Å²) in [4.78, 5) is 10.2. The molecule has 1 aromatic carbocycles. The van der Waals surface area contributed by atoms with Gasteiger partial charge in [0.15, 0.2) is 5.82 Å². The van der Waals surface area contributed by atoms with Crippen LogP contribution in [0.1, 0.15) is 20.3 Å². The lowest BCUT2D eigenvalue weighted by molar-refractivity contribution is 0.142. The Morgan fingerprint density at radius 1 is 1.38 bits per heavy atom. The van der Waals surface area contributed by atoms with Gasteiger partial charge in [0.25, 0.3) is 0 Å². The smallest absolute Gasteiger partial charge is 0.227 e. The molecule has 1 N–H and O–H groups in total. The number of hydrogen-bond acceptors (Lipinski definition) is 6. The molecule has 10 heteroatoms. The molecule has 1 aliphatic rings. The summed E-state index contributed by atoms with van der Waals surface area (Å²) in [5, 5.41) is 8.98. The standard InChI is InChI=1S/C19H24BrFN6OS/c1-3-28-7-4-5-27-18(24-25-19(27)26-6-8-29-11-12(26)2)17-22-15-9-13(20)14(21)10-16(15)23-17/h9-10,12H,3-8,11H2,1-2H3,(H,22,23)/t12-/m0/s1. The van der Waals surface area contributed by atoms with E-state index in [1.165, 1.54) is 6.07 Å². The van der Waals surface area contributed by atoms with E-state index in [-0.39, 0.29) is 5.82 Å². The van der Waals surface area contributed by atoms with Gasteiger partial charge < -0.3 is 14.6 Å². The molecule has 1 fully saturated rings. The molecule has 0 aliphatic carbocycles. The molecule has 4 rings (SSSR count). The van der Waals surface area contributed by atoms with Crippen molar-refractivity contribution in [2.45, 2.75) is 32.9 Å². The second-order valence-corrected chi connectivity index (χ2v) is 9.02. The second kappa shape index (κ2) is 9.01. The Kier molecular flexibility index (Phi) is 6.41. The third kappa shape index (κ3) is 4.29. The lowest BCUT2D eigenvalue weighted by Gasteiger charge is -2.33. The number of thioether (sulfide) groups is 1. The van der Waals surface area contributed by atoms with E-state index in [0.29, 0.717) is 46.4 Å². The highest BCUT2D eigenvalue weighted by Crippen LogP contribution is 2.29. The molecule has 1 saturated heterocycles. The van der Waals surface area contributed by atoms with Crippen molar-refractivity contribution >= 4 is 44.7 Å². The Balaban J connectivity index is 1.72. The van der Waals surface area contributed by atoms with Gasteiger partial charge in [-0.15, -0.1) is 10.2 Å². The number of aromatic nitrogens is 5. The first-order valence-electron chi connectivity index (χ1n) is 9.79. The van der Waals surface area contributed by atoms with E-state index in [2.05, 4.69) is 52.5 Å². The van der Waals surface area contributed by atoms with E-state index in [0.717, 1.165) is 37.0 Å². The molecule has 1 aliphatic heterocycles. The third-order valence-electron chi connectivity index (χ3n) is 4.97. The Morgan fingerprint density at radius 3 is 3.03 bits per heavy atom. The van der Waals surface area contributed by atoms with E-state index in [9.17, 15) is 4.39 Å². The zero-order chi connectivity index (χ0) is 20.4. The second-order valence-electron chi connectivity index (χ2n) is 7.01. The Bertz CT molecular complexity index is 954. The monoisotopic (exact) mass is 482 g/mol. The number of nitrogens with zero attached hydrogens (tertiary/aromatic N) is 5. The first-order valence-corrected chi connectivity index (χ1v) is 11.7. The summed E-state index contributed by atoms with van der Waals surface area (Å²) in [6.45, 7) is 7.25. The summed E-state index contributed by atoms with van der Waals surface area (Å²) in [5.41, 5.74) is 1.32. The van der Waals surface area contributed by atoms with E-state index >= 15 is 0 Å². The van der Waals surface area contributed by atoms with Crippen LogP contribution in [-0.2, 0) is 11.3 Å². The van der Waals surface area contributed by atoms with Crippen molar-refractivity contribution in [1.29, 1.82) is 0 Å². The number of hydrogen-bond donors (Lipinski definition) is 1. The molecule has 2 aromatic heterocycles. The highest BCUT2D eigenvalue weighted by Gasteiger charge is 2.26. The molecule has 1 atom stereocenters. The predicted molar refractivity (Wildman–Crippen MR) is 118 cm³/mol. The first-order chi connectivity index (χ1) is 14.1. The van der Waals surface area contributed by atoms with Crippen LogP contribution < -0.4 is 4.90 Å². The van der Waals surface area contributed by atoms with Gasteiger partial charge in [-0.3, -0.25) is 4.57 Å². The SMILES string of the molecule is CCOCCCn1c(-c2nc3cc(Br)c(F)cc3[nH]2)nnc1N1CCSC[C@@H]1C. The van der Waals surface area contributed by atoms with Crippen LogP contribution in [0.25, 0.3) is 22.7 Å². The first kappa shape index (κ1) is 20.6. The zero-order valence-electron chi connectivity index (χ0n) is 16.5. The molecule has 29 heavy (non-hydrogen) atoms. The van der Waals surface area contributed by atoms with Crippen molar-refractivity contribution in [3.05, 3.63) is 22.4 Å². The number of nitrogens with one attached hydrogen (secondary N) is 1. The highest BCUT2D eigenvalue weighted by molar-refractivity contribution is 9.10. The molecule has 0 saturated carbocycles. The molecule has 0 spiro atoms. The maximum absolute atomic E-state index is 13.9. The van der Waals surface area contributed by atoms with Crippen LogP contribution in [0.15, 0.2) is 16.6 Å². The average molecular weight is 483 g/mol. The maximum Gasteiger partial charge on any atom is 0.227 e. The van der Waals surface area contributed by atoms with Gasteiger partial charge in [0.2, 0.25) is 11.8 Å². The Labute approximate surface area is 181 Å². The number of H-pyrrole nitrogens is 1. The van der Waals surface area contributed by atoms with E-state index in [1.807, 2.05) is 18.7 Å².